The van der Waals surface area contributed by atoms with E-state index >= 15 is 0 Å². The Kier molecular flexibility index (Phi) is 5.07. The number of nitrogens with one attached hydrogen (secondary N) is 1. The van der Waals surface area contributed by atoms with E-state index in [1.807, 2.05) is 39.0 Å². The summed E-state index contributed by atoms with van der Waals surface area (Å²) in [4.78, 5) is 4.40. The highest BCUT2D eigenvalue weighted by molar-refractivity contribution is 5.78. The van der Waals surface area contributed by atoms with Crippen molar-refractivity contribution < 1.29 is 9.47 Å². The molecule has 2 rings (SSSR count). The topological polar surface area (TPSA) is 68.9 Å². The van der Waals surface area contributed by atoms with E-state index in [-0.39, 0.29) is 11.6 Å². The Balaban J connectivity index is 1.99. The summed E-state index contributed by atoms with van der Waals surface area (Å²) in [5.41, 5.74) is 6.84. The molecule has 5 heteroatoms. The van der Waals surface area contributed by atoms with Crippen molar-refractivity contribution in [1.82, 2.24) is 5.32 Å². The second-order valence-electron chi connectivity index (χ2n) is 5.77. The van der Waals surface area contributed by atoms with Crippen molar-refractivity contribution in [2.24, 2.45) is 10.7 Å². The van der Waals surface area contributed by atoms with Gasteiger partial charge in [-0.1, -0.05) is 18.2 Å². The molecule has 1 aliphatic rings. The molecule has 0 saturated carbocycles. The highest BCUT2D eigenvalue weighted by Crippen LogP contribution is 2.31. The minimum absolute atomic E-state index is 0.147. The predicted octanol–water partition coefficient (Wildman–Crippen LogP) is 2.23. The van der Waals surface area contributed by atoms with Crippen LogP contribution >= 0.6 is 0 Å². The second-order valence-corrected chi connectivity index (χ2v) is 5.77. The van der Waals surface area contributed by atoms with Crippen molar-refractivity contribution in [2.45, 2.75) is 38.8 Å². The molecule has 21 heavy (non-hydrogen) atoms. The van der Waals surface area contributed by atoms with Gasteiger partial charge >= 0.3 is 0 Å². The first-order valence-electron chi connectivity index (χ1n) is 7.44. The fourth-order valence-corrected chi connectivity index (χ4v) is 2.43. The SMILES string of the molecule is CCOC(C)(C)CN=C(N)NC1CCOc2ccccc21. The fraction of sp³-hybridized carbons (Fsp3) is 0.562. The molecule has 1 aliphatic heterocycles. The Morgan fingerprint density at radius 2 is 2.24 bits per heavy atom. The van der Waals surface area contributed by atoms with Gasteiger partial charge in [0.1, 0.15) is 5.75 Å². The molecule has 0 saturated heterocycles. The zero-order chi connectivity index (χ0) is 15.3. The first-order chi connectivity index (χ1) is 10.0. The summed E-state index contributed by atoms with van der Waals surface area (Å²) < 4.78 is 11.3. The summed E-state index contributed by atoms with van der Waals surface area (Å²) in [5.74, 6) is 1.37. The normalized spacial score (nSPS) is 18.8. The number of hydrogen-bond acceptors (Lipinski definition) is 3. The highest BCUT2D eigenvalue weighted by Gasteiger charge is 2.22. The van der Waals surface area contributed by atoms with Crippen molar-refractivity contribution in [3.05, 3.63) is 29.8 Å². The maximum Gasteiger partial charge on any atom is 0.189 e. The molecule has 0 spiro atoms. The third-order valence-corrected chi connectivity index (χ3v) is 3.45. The summed E-state index contributed by atoms with van der Waals surface area (Å²) in [5, 5.41) is 3.28. The monoisotopic (exact) mass is 291 g/mol. The van der Waals surface area contributed by atoms with Crippen LogP contribution in [0.15, 0.2) is 29.3 Å². The van der Waals surface area contributed by atoms with Gasteiger partial charge in [-0.25, -0.2) is 0 Å². The van der Waals surface area contributed by atoms with E-state index in [1.165, 1.54) is 0 Å². The molecule has 116 valence electrons. The van der Waals surface area contributed by atoms with Gasteiger partial charge < -0.3 is 20.5 Å². The summed E-state index contributed by atoms with van der Waals surface area (Å²) in [6, 6.07) is 8.17. The van der Waals surface area contributed by atoms with Gasteiger partial charge in [-0.05, 0) is 26.8 Å². The van der Waals surface area contributed by atoms with E-state index in [9.17, 15) is 0 Å². The molecule has 0 amide bonds. The van der Waals surface area contributed by atoms with Gasteiger partial charge in [0, 0.05) is 18.6 Å². The number of nitrogens with two attached hydrogens (primary N) is 1. The van der Waals surface area contributed by atoms with Crippen LogP contribution in [0.4, 0.5) is 0 Å². The highest BCUT2D eigenvalue weighted by atomic mass is 16.5. The molecular weight excluding hydrogens is 266 g/mol. The minimum Gasteiger partial charge on any atom is -0.493 e. The van der Waals surface area contributed by atoms with Crippen molar-refractivity contribution in [3.63, 3.8) is 0 Å². The van der Waals surface area contributed by atoms with E-state index in [0.717, 1.165) is 17.7 Å². The molecular formula is C16H25N3O2. The van der Waals surface area contributed by atoms with E-state index in [0.29, 0.717) is 25.7 Å². The number of hydrogen-bond donors (Lipinski definition) is 2. The smallest absolute Gasteiger partial charge is 0.189 e. The van der Waals surface area contributed by atoms with E-state index in [4.69, 9.17) is 15.2 Å². The number of nitrogens with zero attached hydrogens (tertiary/aromatic N) is 1. The van der Waals surface area contributed by atoms with Crippen LogP contribution in [0.3, 0.4) is 0 Å². The molecule has 5 nitrogen and oxygen atoms in total. The number of aliphatic imine (C=N–C) groups is 1. The molecule has 0 aliphatic carbocycles. The van der Waals surface area contributed by atoms with Crippen LogP contribution in [-0.4, -0.2) is 31.3 Å². The average Bonchev–Trinajstić information content (AvgIpc) is 2.46. The van der Waals surface area contributed by atoms with E-state index in [2.05, 4.69) is 16.4 Å². The minimum atomic E-state index is -0.297. The van der Waals surface area contributed by atoms with Gasteiger partial charge in [0.2, 0.25) is 0 Å². The molecule has 1 unspecified atom stereocenters. The average molecular weight is 291 g/mol. The lowest BCUT2D eigenvalue weighted by Gasteiger charge is -2.27. The summed E-state index contributed by atoms with van der Waals surface area (Å²) >= 11 is 0. The molecule has 1 aromatic rings. The molecule has 0 aromatic heterocycles. The summed E-state index contributed by atoms with van der Waals surface area (Å²) in [6.45, 7) is 7.89. The summed E-state index contributed by atoms with van der Waals surface area (Å²) in [6.07, 6.45) is 0.877. The first-order valence-corrected chi connectivity index (χ1v) is 7.44. The van der Waals surface area contributed by atoms with Crippen LogP contribution in [-0.2, 0) is 4.74 Å². The standard InChI is InChI=1S/C16H25N3O2/c1-4-21-16(2,3)11-18-15(17)19-13-9-10-20-14-8-6-5-7-12(13)14/h5-8,13H,4,9-11H2,1-3H3,(H3,17,18,19). The van der Waals surface area contributed by atoms with E-state index < -0.39 is 0 Å². The number of guanidine groups is 1. The lowest BCUT2D eigenvalue weighted by molar-refractivity contribution is -0.00217. The molecule has 0 bridgehead atoms. The molecule has 3 N–H and O–H groups in total. The van der Waals surface area contributed by atoms with Crippen molar-refractivity contribution in [2.75, 3.05) is 19.8 Å². The Bertz CT molecular complexity index is 500. The fourth-order valence-electron chi connectivity index (χ4n) is 2.43. The quantitative estimate of drug-likeness (QED) is 0.645. The van der Waals surface area contributed by atoms with Crippen LogP contribution in [0.5, 0.6) is 5.75 Å². The number of fused-ring (bicyclic) bond motifs is 1. The maximum absolute atomic E-state index is 6.01. The van der Waals surface area contributed by atoms with Crippen LogP contribution in [0, 0.1) is 0 Å². The maximum atomic E-state index is 6.01. The van der Waals surface area contributed by atoms with Gasteiger partial charge in [0.15, 0.2) is 5.96 Å². The van der Waals surface area contributed by atoms with Crippen LogP contribution in [0.25, 0.3) is 0 Å². The lowest BCUT2D eigenvalue weighted by atomic mass is 10.0. The van der Waals surface area contributed by atoms with Crippen LogP contribution < -0.4 is 15.8 Å². The van der Waals surface area contributed by atoms with Gasteiger partial charge in [-0.2, -0.15) is 0 Å². The summed E-state index contributed by atoms with van der Waals surface area (Å²) in [7, 11) is 0. The van der Waals surface area contributed by atoms with Gasteiger partial charge in [0.05, 0.1) is 24.8 Å². The van der Waals surface area contributed by atoms with Crippen LogP contribution in [0.2, 0.25) is 0 Å². The van der Waals surface area contributed by atoms with E-state index in [1.54, 1.807) is 0 Å². The molecule has 0 fully saturated rings. The van der Waals surface area contributed by atoms with Crippen molar-refractivity contribution in [1.29, 1.82) is 0 Å². The Hall–Kier alpha value is -1.75. The number of ether oxygens (including phenoxy) is 2. The lowest BCUT2D eigenvalue weighted by Crippen LogP contribution is -2.39. The van der Waals surface area contributed by atoms with Gasteiger partial charge in [-0.3, -0.25) is 4.99 Å². The predicted molar refractivity (Wildman–Crippen MR) is 84.6 cm³/mol. The zero-order valence-electron chi connectivity index (χ0n) is 13.1. The van der Waals surface area contributed by atoms with Crippen molar-refractivity contribution >= 4 is 5.96 Å². The number of para-hydroxylation sites is 1. The third kappa shape index (κ3) is 4.36. The molecule has 1 aromatic carbocycles. The molecule has 1 atom stereocenters. The Morgan fingerprint density at radius 3 is 3.00 bits per heavy atom. The molecule has 1 heterocycles. The number of benzene rings is 1. The zero-order valence-corrected chi connectivity index (χ0v) is 13.1. The van der Waals surface area contributed by atoms with Crippen LogP contribution in [0.1, 0.15) is 38.8 Å². The largest absolute Gasteiger partial charge is 0.493 e. The second kappa shape index (κ2) is 6.80. The third-order valence-electron chi connectivity index (χ3n) is 3.45. The first kappa shape index (κ1) is 15.6. The Labute approximate surface area is 126 Å². The molecule has 0 radical (unpaired) electrons. The van der Waals surface area contributed by atoms with Gasteiger partial charge in [-0.15, -0.1) is 0 Å². The van der Waals surface area contributed by atoms with Gasteiger partial charge in [0.25, 0.3) is 0 Å². The van der Waals surface area contributed by atoms with Crippen molar-refractivity contribution in [3.8, 4) is 5.75 Å². The Morgan fingerprint density at radius 1 is 1.48 bits per heavy atom. The number of rotatable bonds is 5.